The van der Waals surface area contributed by atoms with Crippen molar-refractivity contribution >= 4 is 11.6 Å². The van der Waals surface area contributed by atoms with E-state index in [9.17, 15) is 14.9 Å². The molecule has 0 radical (unpaired) electrons. The number of rotatable bonds is 3. The highest BCUT2D eigenvalue weighted by Crippen LogP contribution is 2.26. The van der Waals surface area contributed by atoms with Gasteiger partial charge in [0, 0.05) is 30.8 Å². The molecule has 0 N–H and O–H groups in total. The predicted molar refractivity (Wildman–Crippen MR) is 77.5 cm³/mol. The number of amides is 1. The van der Waals surface area contributed by atoms with E-state index in [1.807, 2.05) is 0 Å². The van der Waals surface area contributed by atoms with Gasteiger partial charge in [-0.1, -0.05) is 12.1 Å². The Balaban J connectivity index is 1.82. The van der Waals surface area contributed by atoms with Gasteiger partial charge >= 0.3 is 0 Å². The zero-order chi connectivity index (χ0) is 15.5. The summed E-state index contributed by atoms with van der Waals surface area (Å²) in [4.78, 5) is 24.3. The van der Waals surface area contributed by atoms with E-state index in [1.165, 1.54) is 12.1 Å². The molecular weight excluding hydrogens is 288 g/mol. The monoisotopic (exact) mass is 302 g/mol. The second kappa shape index (κ2) is 5.98. The van der Waals surface area contributed by atoms with Crippen molar-refractivity contribution in [2.24, 2.45) is 0 Å². The van der Waals surface area contributed by atoms with E-state index in [1.54, 1.807) is 29.2 Å². The van der Waals surface area contributed by atoms with E-state index in [2.05, 4.69) is 0 Å². The van der Waals surface area contributed by atoms with Gasteiger partial charge in [-0.3, -0.25) is 14.9 Å². The molecule has 1 aliphatic rings. The Hall–Kier alpha value is -2.67. The number of benzene rings is 1. The topological polar surface area (TPSA) is 85.8 Å². The van der Waals surface area contributed by atoms with Crippen LogP contribution in [0.15, 0.2) is 40.8 Å². The molecule has 22 heavy (non-hydrogen) atoms. The molecule has 1 aromatic heterocycles. The van der Waals surface area contributed by atoms with Gasteiger partial charge in [0.1, 0.15) is 5.76 Å². The van der Waals surface area contributed by atoms with Gasteiger partial charge in [-0.2, -0.15) is 0 Å². The standard InChI is InChI=1S/C15H14N2O5/c18-15(16-6-8-21-9-7-16)14-5-4-13(22-14)11-2-1-3-12(10-11)17(19)20/h1-5,10H,6-9H2. The van der Waals surface area contributed by atoms with Crippen LogP contribution in [-0.4, -0.2) is 42.0 Å². The first-order valence-electron chi connectivity index (χ1n) is 6.87. The van der Waals surface area contributed by atoms with Gasteiger partial charge in [0.2, 0.25) is 0 Å². The lowest BCUT2D eigenvalue weighted by Crippen LogP contribution is -2.40. The van der Waals surface area contributed by atoms with Gasteiger partial charge in [0.25, 0.3) is 11.6 Å². The van der Waals surface area contributed by atoms with Crippen molar-refractivity contribution in [1.82, 2.24) is 4.90 Å². The number of nitro benzene ring substituents is 1. The zero-order valence-corrected chi connectivity index (χ0v) is 11.7. The first-order valence-corrected chi connectivity index (χ1v) is 6.87. The van der Waals surface area contributed by atoms with Gasteiger partial charge in [-0.25, -0.2) is 0 Å². The van der Waals surface area contributed by atoms with Crippen molar-refractivity contribution in [2.45, 2.75) is 0 Å². The molecule has 1 aliphatic heterocycles. The fraction of sp³-hybridized carbons (Fsp3) is 0.267. The van der Waals surface area contributed by atoms with Crippen LogP contribution in [0.5, 0.6) is 0 Å². The molecule has 7 nitrogen and oxygen atoms in total. The molecule has 1 fully saturated rings. The highest BCUT2D eigenvalue weighted by molar-refractivity contribution is 5.92. The van der Waals surface area contributed by atoms with Crippen LogP contribution in [0.4, 0.5) is 5.69 Å². The Morgan fingerprint density at radius 2 is 1.95 bits per heavy atom. The maximum absolute atomic E-state index is 12.3. The number of non-ortho nitro benzene ring substituents is 1. The largest absolute Gasteiger partial charge is 0.451 e. The van der Waals surface area contributed by atoms with Crippen molar-refractivity contribution in [3.63, 3.8) is 0 Å². The quantitative estimate of drug-likeness (QED) is 0.641. The zero-order valence-electron chi connectivity index (χ0n) is 11.7. The van der Waals surface area contributed by atoms with E-state index in [0.717, 1.165) is 0 Å². The van der Waals surface area contributed by atoms with Gasteiger partial charge < -0.3 is 14.1 Å². The highest BCUT2D eigenvalue weighted by Gasteiger charge is 2.22. The van der Waals surface area contributed by atoms with Gasteiger partial charge in [-0.05, 0) is 12.1 Å². The Labute approximate surface area is 126 Å². The third kappa shape index (κ3) is 2.84. The Bertz CT molecular complexity index is 703. The molecule has 0 saturated carbocycles. The minimum Gasteiger partial charge on any atom is -0.451 e. The second-order valence-corrected chi connectivity index (χ2v) is 4.88. The summed E-state index contributed by atoms with van der Waals surface area (Å²) in [6, 6.07) is 9.35. The molecule has 2 aromatic rings. The minimum absolute atomic E-state index is 0.0186. The van der Waals surface area contributed by atoms with Crippen molar-refractivity contribution in [3.8, 4) is 11.3 Å². The van der Waals surface area contributed by atoms with Crippen LogP contribution in [-0.2, 0) is 4.74 Å². The maximum Gasteiger partial charge on any atom is 0.289 e. The van der Waals surface area contributed by atoms with E-state index in [4.69, 9.17) is 9.15 Å². The van der Waals surface area contributed by atoms with Crippen molar-refractivity contribution in [3.05, 3.63) is 52.3 Å². The van der Waals surface area contributed by atoms with Crippen LogP contribution in [0, 0.1) is 10.1 Å². The third-order valence-corrected chi connectivity index (χ3v) is 3.46. The third-order valence-electron chi connectivity index (χ3n) is 3.46. The fourth-order valence-electron chi connectivity index (χ4n) is 2.30. The first-order chi connectivity index (χ1) is 10.6. The SMILES string of the molecule is O=C(c1ccc(-c2cccc([N+](=O)[O-])c2)o1)N1CCOCC1. The molecule has 1 saturated heterocycles. The van der Waals surface area contributed by atoms with E-state index in [0.29, 0.717) is 37.6 Å². The molecule has 0 unspecified atom stereocenters. The summed E-state index contributed by atoms with van der Waals surface area (Å²) in [5, 5.41) is 10.8. The van der Waals surface area contributed by atoms with E-state index < -0.39 is 4.92 Å². The molecular formula is C15H14N2O5. The summed E-state index contributed by atoms with van der Waals surface area (Å²) in [5.74, 6) is 0.462. The summed E-state index contributed by atoms with van der Waals surface area (Å²) < 4.78 is 10.8. The summed E-state index contributed by atoms with van der Waals surface area (Å²) in [5.41, 5.74) is 0.546. The smallest absolute Gasteiger partial charge is 0.289 e. The average Bonchev–Trinajstić information content (AvgIpc) is 3.05. The van der Waals surface area contributed by atoms with Gasteiger partial charge in [0.05, 0.1) is 18.1 Å². The summed E-state index contributed by atoms with van der Waals surface area (Å²) in [6.07, 6.45) is 0. The summed E-state index contributed by atoms with van der Waals surface area (Å²) >= 11 is 0. The molecule has 0 aliphatic carbocycles. The molecule has 2 heterocycles. The molecule has 0 bridgehead atoms. The predicted octanol–water partition coefficient (Wildman–Crippen LogP) is 2.33. The second-order valence-electron chi connectivity index (χ2n) is 4.88. The lowest BCUT2D eigenvalue weighted by Gasteiger charge is -2.25. The van der Waals surface area contributed by atoms with E-state index >= 15 is 0 Å². The lowest BCUT2D eigenvalue weighted by atomic mass is 10.1. The van der Waals surface area contributed by atoms with Crippen LogP contribution in [0.25, 0.3) is 11.3 Å². The lowest BCUT2D eigenvalue weighted by molar-refractivity contribution is -0.384. The van der Waals surface area contributed by atoms with Crippen LogP contribution < -0.4 is 0 Å². The highest BCUT2D eigenvalue weighted by atomic mass is 16.6. The molecule has 1 amide bonds. The van der Waals surface area contributed by atoms with Gasteiger partial charge in [0.15, 0.2) is 5.76 Å². The Kier molecular flexibility index (Phi) is 3.88. The average molecular weight is 302 g/mol. The first kappa shape index (κ1) is 14.3. The van der Waals surface area contributed by atoms with Gasteiger partial charge in [-0.15, -0.1) is 0 Å². The van der Waals surface area contributed by atoms with Crippen LogP contribution in [0.3, 0.4) is 0 Å². The molecule has 7 heteroatoms. The number of nitrogens with zero attached hydrogens (tertiary/aromatic N) is 2. The number of hydrogen-bond donors (Lipinski definition) is 0. The molecule has 114 valence electrons. The van der Waals surface area contributed by atoms with Crippen molar-refractivity contribution < 1.29 is 18.9 Å². The van der Waals surface area contributed by atoms with Crippen molar-refractivity contribution in [2.75, 3.05) is 26.3 Å². The minimum atomic E-state index is -0.466. The van der Waals surface area contributed by atoms with E-state index in [-0.39, 0.29) is 17.4 Å². The van der Waals surface area contributed by atoms with Crippen LogP contribution >= 0.6 is 0 Å². The number of hydrogen-bond acceptors (Lipinski definition) is 5. The Morgan fingerprint density at radius 1 is 1.18 bits per heavy atom. The molecule has 0 atom stereocenters. The fourth-order valence-corrected chi connectivity index (χ4v) is 2.30. The van der Waals surface area contributed by atoms with Crippen LogP contribution in [0.2, 0.25) is 0 Å². The Morgan fingerprint density at radius 3 is 2.68 bits per heavy atom. The number of carbonyl (C=O) groups is 1. The number of carbonyl (C=O) groups excluding carboxylic acids is 1. The summed E-state index contributed by atoms with van der Waals surface area (Å²) in [6.45, 7) is 2.10. The van der Waals surface area contributed by atoms with Crippen LogP contribution in [0.1, 0.15) is 10.6 Å². The summed E-state index contributed by atoms with van der Waals surface area (Å²) in [7, 11) is 0. The van der Waals surface area contributed by atoms with Crippen molar-refractivity contribution in [1.29, 1.82) is 0 Å². The number of morpholine rings is 1. The molecule has 0 spiro atoms. The maximum atomic E-state index is 12.3. The number of ether oxygens (including phenoxy) is 1. The molecule has 3 rings (SSSR count). The molecule has 1 aromatic carbocycles. The number of furan rings is 1. The normalized spacial score (nSPS) is 14.8. The number of nitro groups is 1.